The molecule has 0 unspecified atom stereocenters. The lowest BCUT2D eigenvalue weighted by atomic mass is 10.5. The monoisotopic (exact) mass is 232 g/mol. The van der Waals surface area contributed by atoms with Crippen molar-refractivity contribution < 1.29 is 4.74 Å². The molecular weight excluding hydrogens is 224 g/mol. The van der Waals surface area contributed by atoms with Gasteiger partial charge in [0.1, 0.15) is 5.75 Å². The van der Waals surface area contributed by atoms with Crippen molar-refractivity contribution in [2.24, 2.45) is 5.92 Å². The SMILES string of the molecule is Brc1cscc1OCC1CC1. The van der Waals surface area contributed by atoms with E-state index in [0.717, 1.165) is 22.7 Å². The molecule has 11 heavy (non-hydrogen) atoms. The Bertz CT molecular complexity index is 242. The fourth-order valence-corrected chi connectivity index (χ4v) is 2.19. The maximum Gasteiger partial charge on any atom is 0.144 e. The summed E-state index contributed by atoms with van der Waals surface area (Å²) in [7, 11) is 0. The average molecular weight is 233 g/mol. The molecule has 0 saturated heterocycles. The zero-order chi connectivity index (χ0) is 7.68. The van der Waals surface area contributed by atoms with Gasteiger partial charge in [-0.25, -0.2) is 0 Å². The van der Waals surface area contributed by atoms with Gasteiger partial charge in [-0.05, 0) is 34.7 Å². The molecule has 0 radical (unpaired) electrons. The Morgan fingerprint density at radius 1 is 1.55 bits per heavy atom. The van der Waals surface area contributed by atoms with Gasteiger partial charge in [0.05, 0.1) is 11.1 Å². The second kappa shape index (κ2) is 3.15. The van der Waals surface area contributed by atoms with Crippen molar-refractivity contribution in [1.29, 1.82) is 0 Å². The Labute approximate surface area is 78.5 Å². The summed E-state index contributed by atoms with van der Waals surface area (Å²) < 4.78 is 6.65. The largest absolute Gasteiger partial charge is 0.491 e. The molecule has 1 aromatic rings. The molecule has 1 aliphatic carbocycles. The smallest absolute Gasteiger partial charge is 0.144 e. The normalized spacial score (nSPS) is 16.8. The summed E-state index contributed by atoms with van der Waals surface area (Å²) in [6.45, 7) is 0.898. The van der Waals surface area contributed by atoms with E-state index < -0.39 is 0 Å². The van der Waals surface area contributed by atoms with Gasteiger partial charge in [-0.15, -0.1) is 11.3 Å². The molecule has 1 aromatic heterocycles. The first-order valence-corrected chi connectivity index (χ1v) is 5.44. The van der Waals surface area contributed by atoms with E-state index in [0.29, 0.717) is 0 Å². The molecule has 0 atom stereocenters. The van der Waals surface area contributed by atoms with Crippen LogP contribution in [0.5, 0.6) is 5.75 Å². The average Bonchev–Trinajstić information content (AvgIpc) is 2.73. The summed E-state index contributed by atoms with van der Waals surface area (Å²) in [5.41, 5.74) is 0. The van der Waals surface area contributed by atoms with E-state index >= 15 is 0 Å². The highest BCUT2D eigenvalue weighted by Crippen LogP contribution is 2.33. The van der Waals surface area contributed by atoms with Crippen LogP contribution in [-0.2, 0) is 0 Å². The first kappa shape index (κ1) is 7.62. The Hall–Kier alpha value is -0.0200. The van der Waals surface area contributed by atoms with Gasteiger partial charge < -0.3 is 4.74 Å². The number of hydrogen-bond acceptors (Lipinski definition) is 2. The van der Waals surface area contributed by atoms with Crippen LogP contribution in [0.1, 0.15) is 12.8 Å². The minimum atomic E-state index is 0.835. The molecule has 3 heteroatoms. The molecule has 2 rings (SSSR count). The number of ether oxygens (including phenoxy) is 1. The van der Waals surface area contributed by atoms with Crippen LogP contribution in [0.15, 0.2) is 15.2 Å². The zero-order valence-corrected chi connectivity index (χ0v) is 8.45. The fraction of sp³-hybridized carbons (Fsp3) is 0.500. The first-order chi connectivity index (χ1) is 5.36. The van der Waals surface area contributed by atoms with Crippen molar-refractivity contribution >= 4 is 27.3 Å². The highest BCUT2D eigenvalue weighted by molar-refractivity contribution is 9.10. The van der Waals surface area contributed by atoms with Gasteiger partial charge in [0.15, 0.2) is 0 Å². The van der Waals surface area contributed by atoms with Crippen molar-refractivity contribution in [1.82, 2.24) is 0 Å². The molecule has 0 aromatic carbocycles. The third-order valence-electron chi connectivity index (χ3n) is 1.75. The number of halogens is 1. The van der Waals surface area contributed by atoms with E-state index in [2.05, 4.69) is 15.9 Å². The summed E-state index contributed by atoms with van der Waals surface area (Å²) in [5.74, 6) is 1.84. The lowest BCUT2D eigenvalue weighted by molar-refractivity contribution is 0.299. The topological polar surface area (TPSA) is 9.23 Å². The van der Waals surface area contributed by atoms with Crippen molar-refractivity contribution in [3.05, 3.63) is 15.2 Å². The molecule has 1 saturated carbocycles. The van der Waals surface area contributed by atoms with E-state index in [9.17, 15) is 0 Å². The quantitative estimate of drug-likeness (QED) is 0.778. The van der Waals surface area contributed by atoms with E-state index in [4.69, 9.17) is 4.74 Å². The molecule has 0 aliphatic heterocycles. The van der Waals surface area contributed by atoms with Crippen LogP contribution < -0.4 is 4.74 Å². The first-order valence-electron chi connectivity index (χ1n) is 3.71. The molecule has 1 aliphatic rings. The molecule has 0 amide bonds. The number of thiophene rings is 1. The zero-order valence-electron chi connectivity index (χ0n) is 6.05. The van der Waals surface area contributed by atoms with Crippen LogP contribution in [0, 0.1) is 5.92 Å². The Balaban J connectivity index is 1.89. The molecular formula is C8H9BrOS. The van der Waals surface area contributed by atoms with Gasteiger partial charge in [-0.3, -0.25) is 0 Å². The van der Waals surface area contributed by atoms with Crippen molar-refractivity contribution in [3.63, 3.8) is 0 Å². The molecule has 0 N–H and O–H groups in total. The summed E-state index contributed by atoms with van der Waals surface area (Å²) in [4.78, 5) is 0. The van der Waals surface area contributed by atoms with Gasteiger partial charge in [0.2, 0.25) is 0 Å². The predicted octanol–water partition coefficient (Wildman–Crippen LogP) is 3.30. The van der Waals surface area contributed by atoms with Crippen LogP contribution in [0.2, 0.25) is 0 Å². The third kappa shape index (κ3) is 1.97. The van der Waals surface area contributed by atoms with Crippen LogP contribution in [0.3, 0.4) is 0 Å². The third-order valence-corrected chi connectivity index (χ3v) is 3.40. The maximum atomic E-state index is 5.56. The second-order valence-electron chi connectivity index (χ2n) is 2.84. The molecule has 1 heterocycles. The van der Waals surface area contributed by atoms with Crippen LogP contribution in [0.4, 0.5) is 0 Å². The Morgan fingerprint density at radius 3 is 2.91 bits per heavy atom. The highest BCUT2D eigenvalue weighted by Gasteiger charge is 2.22. The van der Waals surface area contributed by atoms with E-state index in [1.807, 2.05) is 10.8 Å². The number of rotatable bonds is 3. The molecule has 0 spiro atoms. The minimum Gasteiger partial charge on any atom is -0.491 e. The Kier molecular flexibility index (Phi) is 2.18. The van der Waals surface area contributed by atoms with Crippen LogP contribution in [-0.4, -0.2) is 6.61 Å². The maximum absolute atomic E-state index is 5.56. The van der Waals surface area contributed by atoms with E-state index in [1.165, 1.54) is 12.8 Å². The summed E-state index contributed by atoms with van der Waals surface area (Å²) in [5, 5.41) is 4.08. The summed E-state index contributed by atoms with van der Waals surface area (Å²) in [6, 6.07) is 0. The lowest BCUT2D eigenvalue weighted by Gasteiger charge is -2.01. The van der Waals surface area contributed by atoms with E-state index in [-0.39, 0.29) is 0 Å². The van der Waals surface area contributed by atoms with Crippen molar-refractivity contribution in [2.45, 2.75) is 12.8 Å². The fourth-order valence-electron chi connectivity index (χ4n) is 0.865. The Morgan fingerprint density at radius 2 is 2.36 bits per heavy atom. The minimum absolute atomic E-state index is 0.835. The van der Waals surface area contributed by atoms with Gasteiger partial charge in [0, 0.05) is 10.8 Å². The standard InChI is InChI=1S/C8H9BrOS/c9-7-4-11-5-8(7)10-3-6-1-2-6/h4-6H,1-3H2. The second-order valence-corrected chi connectivity index (χ2v) is 4.44. The molecule has 0 bridgehead atoms. The van der Waals surface area contributed by atoms with Gasteiger partial charge >= 0.3 is 0 Å². The van der Waals surface area contributed by atoms with Crippen LogP contribution in [0.25, 0.3) is 0 Å². The molecule has 1 fully saturated rings. The van der Waals surface area contributed by atoms with Gasteiger partial charge in [0.25, 0.3) is 0 Å². The van der Waals surface area contributed by atoms with Crippen molar-refractivity contribution in [2.75, 3.05) is 6.61 Å². The van der Waals surface area contributed by atoms with E-state index in [1.54, 1.807) is 11.3 Å². The summed E-state index contributed by atoms with van der Waals surface area (Å²) >= 11 is 5.09. The molecule has 1 nitrogen and oxygen atoms in total. The highest BCUT2D eigenvalue weighted by atomic mass is 79.9. The van der Waals surface area contributed by atoms with Crippen molar-refractivity contribution in [3.8, 4) is 5.75 Å². The lowest BCUT2D eigenvalue weighted by Crippen LogP contribution is -1.97. The van der Waals surface area contributed by atoms with Crippen LogP contribution >= 0.6 is 27.3 Å². The number of hydrogen-bond donors (Lipinski definition) is 0. The summed E-state index contributed by atoms with van der Waals surface area (Å²) in [6.07, 6.45) is 2.70. The molecule has 60 valence electrons. The van der Waals surface area contributed by atoms with Gasteiger partial charge in [-0.1, -0.05) is 0 Å². The predicted molar refractivity (Wildman–Crippen MR) is 50.2 cm³/mol. The van der Waals surface area contributed by atoms with Gasteiger partial charge in [-0.2, -0.15) is 0 Å².